The van der Waals surface area contributed by atoms with Crippen molar-refractivity contribution in [2.24, 2.45) is 5.92 Å². The highest BCUT2D eigenvalue weighted by atomic mass is 35.5. The number of nitrogens with one attached hydrogen (secondary N) is 1. The minimum absolute atomic E-state index is 0.0821. The molecule has 1 aromatic rings. The summed E-state index contributed by atoms with van der Waals surface area (Å²) in [6, 6.07) is 5.01. The number of rotatable bonds is 4. The Morgan fingerprint density at radius 1 is 1.47 bits per heavy atom. The number of ether oxygens (including phenoxy) is 1. The Hall–Kier alpha value is -0.810. The van der Waals surface area contributed by atoms with Gasteiger partial charge >= 0.3 is 0 Å². The van der Waals surface area contributed by atoms with Crippen LogP contribution in [0.15, 0.2) is 18.2 Å². The summed E-state index contributed by atoms with van der Waals surface area (Å²) in [4.78, 5) is 11.8. The van der Waals surface area contributed by atoms with Gasteiger partial charge in [-0.25, -0.2) is 0 Å². The van der Waals surface area contributed by atoms with Gasteiger partial charge < -0.3 is 15.2 Å². The van der Waals surface area contributed by atoms with Gasteiger partial charge in [0.15, 0.2) is 0 Å². The molecule has 1 aliphatic heterocycles. The second-order valence-corrected chi connectivity index (χ2v) is 5.27. The fourth-order valence-corrected chi connectivity index (χ4v) is 2.66. The largest absolute Gasteiger partial charge is 0.386 e. The lowest BCUT2D eigenvalue weighted by Gasteiger charge is -2.16. The van der Waals surface area contributed by atoms with Crippen LogP contribution in [0.3, 0.4) is 0 Å². The first-order chi connectivity index (χ1) is 9.09. The molecule has 1 heterocycles. The highest BCUT2D eigenvalue weighted by Crippen LogP contribution is 2.29. The van der Waals surface area contributed by atoms with E-state index >= 15 is 0 Å². The SMILES string of the molecule is O=C(NC[C@@H](O)c1c(Cl)cccc1Cl)[C@@H]1CCOC1. The van der Waals surface area contributed by atoms with Crippen LogP contribution in [0.5, 0.6) is 0 Å². The van der Waals surface area contributed by atoms with Gasteiger partial charge in [0.25, 0.3) is 0 Å². The molecule has 0 radical (unpaired) electrons. The van der Waals surface area contributed by atoms with Crippen LogP contribution in [0.4, 0.5) is 0 Å². The number of hydrogen-bond donors (Lipinski definition) is 2. The van der Waals surface area contributed by atoms with Crippen molar-refractivity contribution in [2.45, 2.75) is 12.5 Å². The maximum Gasteiger partial charge on any atom is 0.225 e. The lowest BCUT2D eigenvalue weighted by Crippen LogP contribution is -2.34. The first-order valence-corrected chi connectivity index (χ1v) is 6.82. The number of benzene rings is 1. The third kappa shape index (κ3) is 3.60. The molecule has 2 N–H and O–H groups in total. The monoisotopic (exact) mass is 303 g/mol. The van der Waals surface area contributed by atoms with E-state index in [4.69, 9.17) is 27.9 Å². The first-order valence-electron chi connectivity index (χ1n) is 6.07. The van der Waals surface area contributed by atoms with Crippen LogP contribution in [0, 0.1) is 5.92 Å². The summed E-state index contributed by atoms with van der Waals surface area (Å²) in [6.07, 6.45) is -0.207. The molecule has 0 saturated carbocycles. The first kappa shape index (κ1) is 14.6. The molecule has 6 heteroatoms. The van der Waals surface area contributed by atoms with Gasteiger partial charge in [0.2, 0.25) is 5.91 Å². The minimum Gasteiger partial charge on any atom is -0.386 e. The van der Waals surface area contributed by atoms with E-state index in [0.29, 0.717) is 28.8 Å². The van der Waals surface area contributed by atoms with E-state index in [1.165, 1.54) is 0 Å². The molecule has 2 atom stereocenters. The molecule has 0 unspecified atom stereocenters. The summed E-state index contributed by atoms with van der Waals surface area (Å²) in [7, 11) is 0. The average molecular weight is 304 g/mol. The second kappa shape index (κ2) is 6.57. The normalized spacial score (nSPS) is 20.3. The quantitative estimate of drug-likeness (QED) is 0.896. The number of aliphatic hydroxyl groups excluding tert-OH is 1. The average Bonchev–Trinajstić information content (AvgIpc) is 2.89. The summed E-state index contributed by atoms with van der Waals surface area (Å²) in [5.41, 5.74) is 0.439. The van der Waals surface area contributed by atoms with Crippen LogP contribution in [-0.4, -0.2) is 30.8 Å². The van der Waals surface area contributed by atoms with Crippen LogP contribution in [0.1, 0.15) is 18.1 Å². The van der Waals surface area contributed by atoms with Gasteiger partial charge in [-0.1, -0.05) is 29.3 Å². The summed E-state index contributed by atoms with van der Waals surface area (Å²) in [5, 5.41) is 13.5. The Labute approximate surface area is 121 Å². The van der Waals surface area contributed by atoms with Crippen molar-refractivity contribution in [3.8, 4) is 0 Å². The standard InChI is InChI=1S/C13H15Cl2NO3/c14-9-2-1-3-10(15)12(9)11(17)6-16-13(18)8-4-5-19-7-8/h1-3,8,11,17H,4-7H2,(H,16,18)/t8-,11-/m1/s1. The lowest BCUT2D eigenvalue weighted by molar-refractivity contribution is -0.125. The van der Waals surface area contributed by atoms with E-state index in [0.717, 1.165) is 6.42 Å². The summed E-state index contributed by atoms with van der Waals surface area (Å²) < 4.78 is 5.14. The van der Waals surface area contributed by atoms with Gasteiger partial charge in [-0.05, 0) is 18.6 Å². The molecule has 1 fully saturated rings. The van der Waals surface area contributed by atoms with Gasteiger partial charge in [-0.3, -0.25) is 4.79 Å². The molecular weight excluding hydrogens is 289 g/mol. The number of amides is 1. The maximum absolute atomic E-state index is 11.8. The lowest BCUT2D eigenvalue weighted by atomic mass is 10.1. The Balaban J connectivity index is 1.93. The van der Waals surface area contributed by atoms with Gasteiger partial charge in [0.05, 0.1) is 18.6 Å². The van der Waals surface area contributed by atoms with Crippen LogP contribution in [0.25, 0.3) is 0 Å². The highest BCUT2D eigenvalue weighted by molar-refractivity contribution is 6.36. The number of carbonyl (C=O) groups is 1. The van der Waals surface area contributed by atoms with Gasteiger partial charge in [0.1, 0.15) is 0 Å². The van der Waals surface area contributed by atoms with Crippen LogP contribution in [0.2, 0.25) is 10.0 Å². The highest BCUT2D eigenvalue weighted by Gasteiger charge is 2.24. The van der Waals surface area contributed by atoms with Crippen LogP contribution < -0.4 is 5.32 Å². The predicted molar refractivity (Wildman–Crippen MR) is 73.4 cm³/mol. The summed E-state index contributed by atoms with van der Waals surface area (Å²) in [5.74, 6) is -0.242. The molecule has 1 saturated heterocycles. The van der Waals surface area contributed by atoms with E-state index in [1.54, 1.807) is 18.2 Å². The van der Waals surface area contributed by atoms with Gasteiger partial charge in [-0.2, -0.15) is 0 Å². The molecule has 0 spiro atoms. The molecule has 0 aliphatic carbocycles. The molecule has 1 aromatic carbocycles. The molecule has 2 rings (SSSR count). The zero-order valence-electron chi connectivity index (χ0n) is 10.2. The third-order valence-corrected chi connectivity index (χ3v) is 3.76. The Bertz CT molecular complexity index is 441. The van der Waals surface area contributed by atoms with Gasteiger partial charge in [0, 0.05) is 28.8 Å². The minimum atomic E-state index is -0.924. The molecule has 1 amide bonds. The van der Waals surface area contributed by atoms with E-state index in [1.807, 2.05) is 0 Å². The van der Waals surface area contributed by atoms with Crippen molar-refractivity contribution in [1.82, 2.24) is 5.32 Å². The number of aliphatic hydroxyl groups is 1. The van der Waals surface area contributed by atoms with E-state index in [9.17, 15) is 9.90 Å². The fraction of sp³-hybridized carbons (Fsp3) is 0.462. The molecule has 19 heavy (non-hydrogen) atoms. The van der Waals surface area contributed by atoms with Crippen molar-refractivity contribution in [1.29, 1.82) is 0 Å². The molecule has 0 bridgehead atoms. The van der Waals surface area contributed by atoms with E-state index in [-0.39, 0.29) is 18.4 Å². The number of hydrogen-bond acceptors (Lipinski definition) is 3. The van der Waals surface area contributed by atoms with E-state index in [2.05, 4.69) is 5.32 Å². The van der Waals surface area contributed by atoms with Crippen molar-refractivity contribution in [2.75, 3.05) is 19.8 Å². The molecule has 1 aliphatic rings. The van der Waals surface area contributed by atoms with Crippen molar-refractivity contribution in [3.63, 3.8) is 0 Å². The molecule has 0 aromatic heterocycles. The smallest absolute Gasteiger partial charge is 0.225 e. The molecular formula is C13H15Cl2NO3. The van der Waals surface area contributed by atoms with Crippen LogP contribution in [-0.2, 0) is 9.53 Å². The Morgan fingerprint density at radius 3 is 2.74 bits per heavy atom. The summed E-state index contributed by atoms with van der Waals surface area (Å²) in [6.45, 7) is 1.13. The van der Waals surface area contributed by atoms with Crippen LogP contribution >= 0.6 is 23.2 Å². The predicted octanol–water partition coefficient (Wildman–Crippen LogP) is 2.18. The second-order valence-electron chi connectivity index (χ2n) is 4.46. The Morgan fingerprint density at radius 2 is 2.16 bits per heavy atom. The zero-order valence-corrected chi connectivity index (χ0v) is 11.7. The van der Waals surface area contributed by atoms with E-state index < -0.39 is 6.10 Å². The third-order valence-electron chi connectivity index (χ3n) is 3.10. The Kier molecular flexibility index (Phi) is 5.05. The van der Waals surface area contributed by atoms with Crippen molar-refractivity contribution < 1.29 is 14.6 Å². The number of carbonyl (C=O) groups excluding carboxylic acids is 1. The molecule has 4 nitrogen and oxygen atoms in total. The van der Waals surface area contributed by atoms with Crippen molar-refractivity contribution >= 4 is 29.1 Å². The topological polar surface area (TPSA) is 58.6 Å². The molecule has 104 valence electrons. The fourth-order valence-electron chi connectivity index (χ4n) is 2.01. The van der Waals surface area contributed by atoms with Crippen molar-refractivity contribution in [3.05, 3.63) is 33.8 Å². The zero-order chi connectivity index (χ0) is 13.8. The number of halogens is 2. The van der Waals surface area contributed by atoms with Gasteiger partial charge in [-0.15, -0.1) is 0 Å². The maximum atomic E-state index is 11.8. The summed E-state index contributed by atoms with van der Waals surface area (Å²) >= 11 is 12.0.